The molecule has 34 heavy (non-hydrogen) atoms. The summed E-state index contributed by atoms with van der Waals surface area (Å²) < 4.78 is 10.6. The Bertz CT molecular complexity index is 1130. The number of ether oxygens (including phenoxy) is 2. The van der Waals surface area contributed by atoms with Crippen LogP contribution in [-0.4, -0.2) is 60.0 Å². The molecule has 1 aromatic rings. The molecule has 0 spiro atoms. The SMILES string of the molecule is COc1cc(C2C(C(=O)N3CCOCC3)=C(C)NC3=C2C(=O)CC(C)(C)C3)cc([N+](=O)[O-])c1O. The van der Waals surface area contributed by atoms with E-state index >= 15 is 0 Å². The second kappa shape index (κ2) is 8.75. The van der Waals surface area contributed by atoms with Crippen molar-refractivity contribution in [3.05, 3.63) is 50.4 Å². The highest BCUT2D eigenvalue weighted by Crippen LogP contribution is 2.49. The molecule has 2 heterocycles. The zero-order chi connectivity index (χ0) is 24.8. The van der Waals surface area contributed by atoms with Gasteiger partial charge in [0.1, 0.15) is 0 Å². The zero-order valence-corrected chi connectivity index (χ0v) is 19.8. The van der Waals surface area contributed by atoms with Crippen LogP contribution in [0.15, 0.2) is 34.7 Å². The van der Waals surface area contributed by atoms with Gasteiger partial charge in [-0.1, -0.05) is 13.8 Å². The van der Waals surface area contributed by atoms with Gasteiger partial charge >= 0.3 is 5.69 Å². The molecule has 1 aliphatic carbocycles. The Morgan fingerprint density at radius 1 is 1.29 bits per heavy atom. The van der Waals surface area contributed by atoms with Gasteiger partial charge in [0.05, 0.1) is 25.2 Å². The number of nitrogens with zero attached hydrogens (tertiary/aromatic N) is 2. The highest BCUT2D eigenvalue weighted by molar-refractivity contribution is 6.05. The van der Waals surface area contributed by atoms with E-state index in [4.69, 9.17) is 9.47 Å². The van der Waals surface area contributed by atoms with Crippen molar-refractivity contribution in [3.8, 4) is 11.5 Å². The number of Topliss-reactive ketones (excluding diaryl/α,β-unsaturated/α-hetero) is 1. The molecule has 10 heteroatoms. The van der Waals surface area contributed by atoms with Gasteiger partial charge in [-0.05, 0) is 30.4 Å². The van der Waals surface area contributed by atoms with Crippen molar-refractivity contribution in [1.82, 2.24) is 10.2 Å². The number of rotatable bonds is 4. The number of morpholine rings is 1. The summed E-state index contributed by atoms with van der Waals surface area (Å²) in [6.45, 7) is 7.44. The second-order valence-corrected chi connectivity index (χ2v) is 9.68. The Kier molecular flexibility index (Phi) is 6.11. The number of carbonyl (C=O) groups excluding carboxylic acids is 2. The van der Waals surface area contributed by atoms with Gasteiger partial charge < -0.3 is 24.8 Å². The summed E-state index contributed by atoms with van der Waals surface area (Å²) in [6.07, 6.45) is 0.887. The third-order valence-electron chi connectivity index (χ3n) is 6.60. The molecule has 0 radical (unpaired) electrons. The average Bonchev–Trinajstić information content (AvgIpc) is 2.77. The highest BCUT2D eigenvalue weighted by Gasteiger charge is 2.44. The molecular weight excluding hydrogens is 442 g/mol. The van der Waals surface area contributed by atoms with Crippen LogP contribution in [0.25, 0.3) is 0 Å². The van der Waals surface area contributed by atoms with Crippen LogP contribution >= 0.6 is 0 Å². The third kappa shape index (κ3) is 4.13. The number of hydrogen-bond acceptors (Lipinski definition) is 8. The van der Waals surface area contributed by atoms with Crippen LogP contribution in [0.1, 0.15) is 45.1 Å². The molecule has 1 aromatic carbocycles. The van der Waals surface area contributed by atoms with E-state index in [1.807, 2.05) is 13.8 Å². The standard InChI is InChI=1S/C24H29N3O7/c1-13-19(23(30)26-5-7-34-8-6-26)20(21-15(25-13)11-24(2,3)12-17(21)28)14-9-16(27(31)32)22(29)18(10-14)33-4/h9-10,20,25,29H,5-8,11-12H2,1-4H3. The molecule has 1 amide bonds. The minimum atomic E-state index is -0.830. The number of aromatic hydroxyl groups is 1. The molecule has 2 aliphatic heterocycles. The third-order valence-corrected chi connectivity index (χ3v) is 6.60. The summed E-state index contributed by atoms with van der Waals surface area (Å²) in [6, 6.07) is 2.70. The number of nitro benzene ring substituents is 1. The summed E-state index contributed by atoms with van der Waals surface area (Å²) in [7, 11) is 1.30. The number of allylic oxidation sites excluding steroid dienone is 3. The van der Waals surface area contributed by atoms with Gasteiger partial charge in [0.15, 0.2) is 11.5 Å². The molecule has 2 N–H and O–H groups in total. The summed E-state index contributed by atoms with van der Waals surface area (Å²) in [5, 5.41) is 25.3. The number of phenolic OH excluding ortho intramolecular Hbond substituents is 1. The van der Waals surface area contributed by atoms with Crippen molar-refractivity contribution in [2.45, 2.75) is 39.5 Å². The van der Waals surface area contributed by atoms with E-state index < -0.39 is 22.3 Å². The number of amides is 1. The molecule has 1 atom stereocenters. The Morgan fingerprint density at radius 2 is 1.97 bits per heavy atom. The summed E-state index contributed by atoms with van der Waals surface area (Å²) in [4.78, 5) is 39.8. The number of hydrogen-bond donors (Lipinski definition) is 2. The van der Waals surface area contributed by atoms with E-state index in [2.05, 4.69) is 5.32 Å². The number of ketones is 1. The van der Waals surface area contributed by atoms with Gasteiger partial charge in [0.2, 0.25) is 5.75 Å². The van der Waals surface area contributed by atoms with Crippen molar-refractivity contribution >= 4 is 17.4 Å². The van der Waals surface area contributed by atoms with Crippen LogP contribution in [0.3, 0.4) is 0 Å². The molecule has 10 nitrogen and oxygen atoms in total. The largest absolute Gasteiger partial charge is 0.500 e. The Balaban J connectivity index is 1.93. The minimum Gasteiger partial charge on any atom is -0.500 e. The molecule has 0 bridgehead atoms. The molecule has 0 saturated carbocycles. The predicted octanol–water partition coefficient (Wildman–Crippen LogP) is 2.77. The lowest BCUT2D eigenvalue weighted by atomic mass is 9.68. The number of dihydropyridines is 1. The van der Waals surface area contributed by atoms with Crippen LogP contribution < -0.4 is 10.1 Å². The molecule has 1 saturated heterocycles. The molecule has 0 aromatic heterocycles. The zero-order valence-electron chi connectivity index (χ0n) is 19.8. The van der Waals surface area contributed by atoms with Crippen LogP contribution in [0.5, 0.6) is 11.5 Å². The van der Waals surface area contributed by atoms with Gasteiger partial charge in [-0.2, -0.15) is 0 Å². The van der Waals surface area contributed by atoms with Crippen LogP contribution in [0, 0.1) is 15.5 Å². The maximum absolute atomic E-state index is 13.7. The smallest absolute Gasteiger partial charge is 0.314 e. The number of nitrogens with one attached hydrogen (secondary N) is 1. The molecule has 4 rings (SSSR count). The minimum absolute atomic E-state index is 0.0932. The highest BCUT2D eigenvalue weighted by atomic mass is 16.6. The maximum atomic E-state index is 13.7. The van der Waals surface area contributed by atoms with Crippen LogP contribution in [0.2, 0.25) is 0 Å². The van der Waals surface area contributed by atoms with Gasteiger partial charge in [-0.25, -0.2) is 0 Å². The van der Waals surface area contributed by atoms with Gasteiger partial charge in [0, 0.05) is 54.0 Å². The molecular formula is C24H29N3O7. The summed E-state index contributed by atoms with van der Waals surface area (Å²) in [5.41, 5.74) is 1.64. The monoisotopic (exact) mass is 471 g/mol. The lowest BCUT2D eigenvalue weighted by Gasteiger charge is -2.41. The second-order valence-electron chi connectivity index (χ2n) is 9.68. The van der Waals surface area contributed by atoms with E-state index in [1.165, 1.54) is 19.2 Å². The van der Waals surface area contributed by atoms with Crippen molar-refractivity contribution in [2.75, 3.05) is 33.4 Å². The molecule has 182 valence electrons. The first-order valence-electron chi connectivity index (χ1n) is 11.2. The topological polar surface area (TPSA) is 131 Å². The number of phenols is 1. The van der Waals surface area contributed by atoms with Gasteiger partial charge in [-0.15, -0.1) is 0 Å². The predicted molar refractivity (Wildman–Crippen MR) is 122 cm³/mol. The van der Waals surface area contributed by atoms with E-state index in [-0.39, 0.29) is 22.9 Å². The maximum Gasteiger partial charge on any atom is 0.314 e. The van der Waals surface area contributed by atoms with E-state index in [1.54, 1.807) is 11.8 Å². The number of methoxy groups -OCH3 is 1. The van der Waals surface area contributed by atoms with Crippen LogP contribution in [0.4, 0.5) is 5.69 Å². The first-order chi connectivity index (χ1) is 16.0. The first kappa shape index (κ1) is 23.7. The number of benzene rings is 1. The van der Waals surface area contributed by atoms with Crippen molar-refractivity contribution < 1.29 is 29.1 Å². The summed E-state index contributed by atoms with van der Waals surface area (Å²) in [5.74, 6) is -1.89. The molecule has 3 aliphatic rings. The van der Waals surface area contributed by atoms with Crippen LogP contribution in [-0.2, 0) is 14.3 Å². The fourth-order valence-electron chi connectivity index (χ4n) is 5.06. The average molecular weight is 472 g/mol. The molecule has 1 unspecified atom stereocenters. The lowest BCUT2D eigenvalue weighted by molar-refractivity contribution is -0.386. The van der Waals surface area contributed by atoms with E-state index in [0.29, 0.717) is 61.6 Å². The quantitative estimate of drug-likeness (QED) is 0.506. The van der Waals surface area contributed by atoms with Crippen molar-refractivity contribution in [3.63, 3.8) is 0 Å². The molecule has 1 fully saturated rings. The normalized spacial score (nSPS) is 22.3. The van der Waals surface area contributed by atoms with Crippen molar-refractivity contribution in [1.29, 1.82) is 0 Å². The van der Waals surface area contributed by atoms with Gasteiger partial charge in [0.25, 0.3) is 5.91 Å². The Labute approximate surface area is 197 Å². The first-order valence-corrected chi connectivity index (χ1v) is 11.2. The summed E-state index contributed by atoms with van der Waals surface area (Å²) >= 11 is 0. The Morgan fingerprint density at radius 3 is 2.59 bits per heavy atom. The van der Waals surface area contributed by atoms with Gasteiger partial charge in [-0.3, -0.25) is 19.7 Å². The fourth-order valence-corrected chi connectivity index (χ4v) is 5.06. The number of carbonyl (C=O) groups is 2. The van der Waals surface area contributed by atoms with E-state index in [9.17, 15) is 24.8 Å². The Hall–Kier alpha value is -3.40. The number of nitro groups is 1. The lowest BCUT2D eigenvalue weighted by Crippen LogP contribution is -2.45. The fraction of sp³-hybridized carbons (Fsp3) is 0.500. The van der Waals surface area contributed by atoms with Crippen molar-refractivity contribution in [2.24, 2.45) is 5.41 Å². The van der Waals surface area contributed by atoms with E-state index in [0.717, 1.165) is 5.70 Å².